The average Bonchev–Trinajstić information content (AvgIpc) is 3.07. The Morgan fingerprint density at radius 3 is 2.76 bits per heavy atom. The molecule has 0 bridgehead atoms. The van der Waals surface area contributed by atoms with Crippen LogP contribution in [0.4, 0.5) is 11.6 Å². The first-order valence-corrected chi connectivity index (χ1v) is 8.56. The topological polar surface area (TPSA) is 80.5 Å². The molecule has 3 aromatic heterocycles. The molecule has 0 atom stereocenters. The second-order valence-corrected chi connectivity index (χ2v) is 6.01. The molecule has 1 aliphatic heterocycles. The van der Waals surface area contributed by atoms with Gasteiger partial charge in [0.1, 0.15) is 5.52 Å². The molecule has 3 aromatic rings. The molecule has 0 unspecified atom stereocenters. The monoisotopic (exact) mass is 339 g/mol. The number of anilines is 2. The van der Waals surface area contributed by atoms with Gasteiger partial charge in [-0.05, 0) is 37.1 Å². The summed E-state index contributed by atoms with van der Waals surface area (Å²) in [6.45, 7) is 4.81. The Morgan fingerprint density at radius 2 is 1.92 bits per heavy atom. The van der Waals surface area contributed by atoms with E-state index in [1.807, 2.05) is 0 Å². The van der Waals surface area contributed by atoms with Gasteiger partial charge in [-0.3, -0.25) is 4.90 Å². The largest absolute Gasteiger partial charge is 0.379 e. The molecule has 4 heterocycles. The third-order valence-electron chi connectivity index (χ3n) is 4.34. The summed E-state index contributed by atoms with van der Waals surface area (Å²) < 4.78 is 7.06. The molecule has 1 N–H and O–H groups in total. The fourth-order valence-electron chi connectivity index (χ4n) is 3.09. The number of nitrogens with one attached hydrogen (secondary N) is 1. The highest BCUT2D eigenvalue weighted by atomic mass is 16.5. The maximum Gasteiger partial charge on any atom is 0.227 e. The van der Waals surface area contributed by atoms with E-state index in [1.165, 1.54) is 5.56 Å². The van der Waals surface area contributed by atoms with Crippen LogP contribution in [0.2, 0.25) is 0 Å². The predicted octanol–water partition coefficient (Wildman–Crippen LogP) is 1.53. The number of aromatic nitrogens is 5. The molecule has 1 aliphatic rings. The van der Waals surface area contributed by atoms with Gasteiger partial charge in [-0.25, -0.2) is 9.97 Å². The standard InChI is InChI=1S/C17H21N7O/c1(8-23-9-11-25-12-10-23)3-14-4-7-20-24-16(14)15(13-21-24)22-17-18-5-2-6-19-17/h2,4-7,13H,1,3,8-12H2,(H,18,19,22). The normalized spacial score (nSPS) is 15.5. The molecule has 0 aromatic carbocycles. The summed E-state index contributed by atoms with van der Waals surface area (Å²) in [5.74, 6) is 0.556. The molecule has 0 aliphatic carbocycles. The summed E-state index contributed by atoms with van der Waals surface area (Å²) >= 11 is 0. The molecule has 0 spiro atoms. The second-order valence-electron chi connectivity index (χ2n) is 6.01. The van der Waals surface area contributed by atoms with Crippen molar-refractivity contribution >= 4 is 17.2 Å². The second kappa shape index (κ2) is 7.54. The summed E-state index contributed by atoms with van der Waals surface area (Å²) in [5, 5.41) is 11.9. The van der Waals surface area contributed by atoms with Gasteiger partial charge in [0.05, 0.1) is 25.1 Å². The number of aryl methyl sites for hydroxylation is 1. The zero-order valence-electron chi connectivity index (χ0n) is 14.0. The lowest BCUT2D eigenvalue weighted by Crippen LogP contribution is -2.36. The number of hydrogen-bond donors (Lipinski definition) is 1. The minimum Gasteiger partial charge on any atom is -0.379 e. The molecular weight excluding hydrogens is 318 g/mol. The lowest BCUT2D eigenvalue weighted by Gasteiger charge is -2.26. The van der Waals surface area contributed by atoms with E-state index in [0.717, 1.165) is 56.9 Å². The Labute approximate surface area is 145 Å². The summed E-state index contributed by atoms with van der Waals surface area (Å²) in [5.41, 5.74) is 3.08. The quantitative estimate of drug-likeness (QED) is 0.729. The van der Waals surface area contributed by atoms with Crippen LogP contribution in [-0.2, 0) is 11.2 Å². The van der Waals surface area contributed by atoms with Crippen LogP contribution in [0.25, 0.3) is 5.52 Å². The van der Waals surface area contributed by atoms with Gasteiger partial charge in [0, 0.05) is 31.7 Å². The summed E-state index contributed by atoms with van der Waals surface area (Å²) in [7, 11) is 0. The van der Waals surface area contributed by atoms with Gasteiger partial charge in [-0.2, -0.15) is 10.2 Å². The van der Waals surface area contributed by atoms with E-state index in [2.05, 4.69) is 36.4 Å². The highest BCUT2D eigenvalue weighted by Crippen LogP contribution is 2.23. The van der Waals surface area contributed by atoms with Crippen LogP contribution < -0.4 is 5.32 Å². The van der Waals surface area contributed by atoms with E-state index in [0.29, 0.717) is 5.95 Å². The minimum atomic E-state index is 0.556. The van der Waals surface area contributed by atoms with Gasteiger partial charge in [0.25, 0.3) is 0 Å². The Hall–Kier alpha value is -2.58. The Balaban J connectivity index is 1.49. The van der Waals surface area contributed by atoms with E-state index in [1.54, 1.807) is 35.5 Å². The highest BCUT2D eigenvalue weighted by Gasteiger charge is 2.13. The van der Waals surface area contributed by atoms with Gasteiger partial charge in [-0.1, -0.05) is 0 Å². The lowest BCUT2D eigenvalue weighted by atomic mass is 10.1. The van der Waals surface area contributed by atoms with Crippen molar-refractivity contribution in [2.45, 2.75) is 12.8 Å². The number of rotatable bonds is 6. The van der Waals surface area contributed by atoms with Gasteiger partial charge < -0.3 is 10.1 Å². The number of fused-ring (bicyclic) bond motifs is 1. The Morgan fingerprint density at radius 1 is 1.08 bits per heavy atom. The first-order valence-electron chi connectivity index (χ1n) is 8.56. The van der Waals surface area contributed by atoms with E-state index < -0.39 is 0 Å². The smallest absolute Gasteiger partial charge is 0.227 e. The van der Waals surface area contributed by atoms with Crippen LogP contribution in [0.3, 0.4) is 0 Å². The van der Waals surface area contributed by atoms with Gasteiger partial charge in [-0.15, -0.1) is 4.63 Å². The third-order valence-corrected chi connectivity index (χ3v) is 4.34. The van der Waals surface area contributed by atoms with Crippen LogP contribution in [0.5, 0.6) is 0 Å². The maximum absolute atomic E-state index is 5.40. The van der Waals surface area contributed by atoms with Crippen LogP contribution in [0.1, 0.15) is 12.0 Å². The van der Waals surface area contributed by atoms with Crippen LogP contribution in [-0.4, -0.2) is 62.5 Å². The molecule has 4 rings (SSSR count). The molecule has 8 nitrogen and oxygen atoms in total. The average molecular weight is 339 g/mol. The highest BCUT2D eigenvalue weighted by molar-refractivity contribution is 5.77. The SMILES string of the molecule is c1cnc(Nc2cnn3nccc(CCCN4CCOCC4)c23)nc1. The van der Waals surface area contributed by atoms with E-state index >= 15 is 0 Å². The molecule has 1 saturated heterocycles. The molecule has 8 heteroatoms. The van der Waals surface area contributed by atoms with Crippen molar-refractivity contribution in [3.63, 3.8) is 0 Å². The Bertz CT molecular complexity index is 814. The lowest BCUT2D eigenvalue weighted by molar-refractivity contribution is 0.0375. The van der Waals surface area contributed by atoms with Gasteiger partial charge >= 0.3 is 0 Å². The summed E-state index contributed by atoms with van der Waals surface area (Å²) in [6.07, 6.45) is 9.05. The molecular formula is C17H21N7O. The molecule has 0 saturated carbocycles. The summed E-state index contributed by atoms with van der Waals surface area (Å²) in [4.78, 5) is 10.9. The van der Waals surface area contributed by atoms with Crippen molar-refractivity contribution in [1.82, 2.24) is 29.7 Å². The van der Waals surface area contributed by atoms with Crippen LogP contribution in [0.15, 0.2) is 36.9 Å². The van der Waals surface area contributed by atoms with Crippen molar-refractivity contribution < 1.29 is 4.74 Å². The van der Waals surface area contributed by atoms with E-state index in [4.69, 9.17) is 4.74 Å². The van der Waals surface area contributed by atoms with E-state index in [9.17, 15) is 0 Å². The number of morpholine rings is 1. The Kier molecular flexibility index (Phi) is 4.80. The zero-order chi connectivity index (χ0) is 16.9. The number of nitrogens with zero attached hydrogens (tertiary/aromatic N) is 6. The zero-order valence-corrected chi connectivity index (χ0v) is 14.0. The fourth-order valence-corrected chi connectivity index (χ4v) is 3.09. The van der Waals surface area contributed by atoms with Gasteiger partial charge in [0.2, 0.25) is 5.95 Å². The van der Waals surface area contributed by atoms with Crippen LogP contribution in [0, 0.1) is 0 Å². The van der Waals surface area contributed by atoms with Crippen molar-refractivity contribution in [2.24, 2.45) is 0 Å². The molecule has 25 heavy (non-hydrogen) atoms. The predicted molar refractivity (Wildman–Crippen MR) is 93.9 cm³/mol. The van der Waals surface area contributed by atoms with Crippen molar-refractivity contribution in [3.05, 3.63) is 42.5 Å². The summed E-state index contributed by atoms with van der Waals surface area (Å²) in [6, 6.07) is 3.85. The minimum absolute atomic E-state index is 0.556. The van der Waals surface area contributed by atoms with E-state index in [-0.39, 0.29) is 0 Å². The van der Waals surface area contributed by atoms with Crippen molar-refractivity contribution in [2.75, 3.05) is 38.2 Å². The molecule has 0 amide bonds. The van der Waals surface area contributed by atoms with Crippen molar-refractivity contribution in [3.8, 4) is 0 Å². The first kappa shape index (κ1) is 15.9. The number of hydrogen-bond acceptors (Lipinski definition) is 7. The third kappa shape index (κ3) is 3.75. The first-order chi connectivity index (χ1) is 12.4. The van der Waals surface area contributed by atoms with Gasteiger partial charge in [0.15, 0.2) is 0 Å². The van der Waals surface area contributed by atoms with Crippen molar-refractivity contribution in [1.29, 1.82) is 0 Å². The molecule has 0 radical (unpaired) electrons. The molecule has 1 fully saturated rings. The molecule has 130 valence electrons. The number of ether oxygens (including phenoxy) is 1. The van der Waals surface area contributed by atoms with Crippen LogP contribution >= 0.6 is 0 Å². The maximum atomic E-state index is 5.40. The fraction of sp³-hybridized carbons (Fsp3) is 0.412.